The zero-order valence-electron chi connectivity index (χ0n) is 7.14. The Hall–Kier alpha value is -0.530. The first-order valence-corrected chi connectivity index (χ1v) is 1.90. The fraction of sp³-hybridized carbons (Fsp3) is 0.800. The third kappa shape index (κ3) is 2.20. The number of rotatable bonds is 2. The Balaban J connectivity index is 4.38. The third-order valence-corrected chi connectivity index (χ3v) is 0.623. The number of carboxylic acid groups (broad SMARTS) is 1. The van der Waals surface area contributed by atoms with Crippen LogP contribution in [0.25, 0.3) is 0 Å². The second-order valence-corrected chi connectivity index (χ2v) is 1.12. The number of hydrogen-bond donors (Lipinski definition) is 1. The van der Waals surface area contributed by atoms with Gasteiger partial charge in [0.25, 0.3) is 0 Å². The molecule has 0 unspecified atom stereocenters. The average Bonchev–Trinajstić information content (AvgIpc) is 1.85. The molecule has 0 aromatic rings. The molecule has 0 aliphatic rings. The summed E-state index contributed by atoms with van der Waals surface area (Å²) < 4.78 is 20.8. The van der Waals surface area contributed by atoms with Crippen LogP contribution in [0, 0.1) is 5.89 Å². The highest BCUT2D eigenvalue weighted by Crippen LogP contribution is 1.97. The van der Waals surface area contributed by atoms with E-state index in [2.05, 4.69) is 0 Å². The molecule has 2 atom stereocenters. The molecule has 0 aromatic heterocycles. The van der Waals surface area contributed by atoms with Crippen LogP contribution in [0.3, 0.4) is 0 Å². The van der Waals surface area contributed by atoms with Gasteiger partial charge in [0.05, 0.1) is 5.89 Å². The highest BCUT2D eigenvalue weighted by molar-refractivity contribution is 5.69. The topological polar surface area (TPSA) is 37.3 Å². The van der Waals surface area contributed by atoms with Gasteiger partial charge in [-0.1, -0.05) is 13.8 Å². The Morgan fingerprint density at radius 2 is 3.00 bits per heavy atom. The van der Waals surface area contributed by atoms with Gasteiger partial charge in [0.1, 0.15) is 0 Å². The lowest BCUT2D eigenvalue weighted by atomic mass is 10.1. The van der Waals surface area contributed by atoms with E-state index in [9.17, 15) is 4.79 Å². The van der Waals surface area contributed by atoms with E-state index in [-0.39, 0.29) is 0 Å². The maximum absolute atomic E-state index is 10.3. The van der Waals surface area contributed by atoms with E-state index in [0.29, 0.717) is 0 Å². The summed E-state index contributed by atoms with van der Waals surface area (Å²) in [5, 5.41) is 8.38. The van der Waals surface area contributed by atoms with Gasteiger partial charge in [0, 0.05) is 4.11 Å². The summed E-state index contributed by atoms with van der Waals surface area (Å²) >= 11 is 0. The quantitative estimate of drug-likeness (QED) is 0.571. The van der Waals surface area contributed by atoms with Crippen molar-refractivity contribution in [1.29, 1.82) is 0 Å². The maximum Gasteiger partial charge on any atom is 0.306 e. The summed E-state index contributed by atoms with van der Waals surface area (Å²) in [6.07, 6.45) is -1.07. The predicted octanol–water partition coefficient (Wildman–Crippen LogP) is 1.12. The van der Waals surface area contributed by atoms with E-state index in [1.165, 1.54) is 6.92 Å². The Labute approximate surface area is 47.4 Å². The molecule has 0 aliphatic carbocycles. The molecule has 0 saturated carbocycles. The van der Waals surface area contributed by atoms with Crippen LogP contribution in [-0.4, -0.2) is 11.1 Å². The molecular formula is C5H10O2. The summed E-state index contributed by atoms with van der Waals surface area (Å²) in [5.74, 6) is -3.36. The molecule has 0 amide bonds. The molecule has 42 valence electrons. The number of carbonyl (C=O) groups is 1. The van der Waals surface area contributed by atoms with Crippen LogP contribution in [0.2, 0.25) is 0 Å². The van der Waals surface area contributed by atoms with Gasteiger partial charge in [-0.2, -0.15) is 0 Å². The maximum atomic E-state index is 10.3. The van der Waals surface area contributed by atoms with Crippen LogP contribution in [-0.2, 0) is 4.79 Å². The summed E-state index contributed by atoms with van der Waals surface area (Å²) in [6.45, 7) is 0.725. The molecular weight excluding hydrogens is 92.1 g/mol. The molecule has 0 heterocycles. The highest BCUT2D eigenvalue weighted by Gasteiger charge is 2.05. The molecule has 1 N–H and O–H groups in total. The number of carboxylic acids is 1. The minimum absolute atomic E-state index is 0.576. The standard InChI is InChI=1S/C5H10O2/c1-3-4(2)5(6)7/h4H,3H2,1-2H3,(H,6,7)/t4-/m0/s1/i2D,3D,4D/t3-,4-. The first-order chi connectivity index (χ1) is 4.45. The number of hydrogen-bond acceptors (Lipinski definition) is 1. The van der Waals surface area contributed by atoms with E-state index in [4.69, 9.17) is 9.22 Å². The van der Waals surface area contributed by atoms with Crippen molar-refractivity contribution in [1.82, 2.24) is 0 Å². The van der Waals surface area contributed by atoms with Crippen molar-refractivity contribution in [2.75, 3.05) is 0 Å². The molecule has 0 saturated heterocycles. The molecule has 2 heteroatoms. The second kappa shape index (κ2) is 2.61. The van der Waals surface area contributed by atoms with Crippen molar-refractivity contribution in [2.24, 2.45) is 5.89 Å². The smallest absolute Gasteiger partial charge is 0.306 e. The lowest BCUT2D eigenvalue weighted by Gasteiger charge is -1.96. The van der Waals surface area contributed by atoms with Gasteiger partial charge >= 0.3 is 5.97 Å². The predicted molar refractivity (Wildman–Crippen MR) is 27.1 cm³/mol. The average molecular weight is 105 g/mol. The van der Waals surface area contributed by atoms with Crippen molar-refractivity contribution in [3.8, 4) is 0 Å². The minimum Gasteiger partial charge on any atom is -0.481 e. The molecule has 0 spiro atoms. The van der Waals surface area contributed by atoms with Crippen LogP contribution in [0.15, 0.2) is 0 Å². The van der Waals surface area contributed by atoms with Crippen molar-refractivity contribution >= 4 is 5.97 Å². The van der Waals surface area contributed by atoms with Gasteiger partial charge in [0.2, 0.25) is 0 Å². The highest BCUT2D eigenvalue weighted by atomic mass is 16.4. The van der Waals surface area contributed by atoms with Crippen LogP contribution < -0.4 is 0 Å². The van der Waals surface area contributed by atoms with E-state index in [1.807, 2.05) is 0 Å². The van der Waals surface area contributed by atoms with Crippen molar-refractivity contribution in [3.63, 3.8) is 0 Å². The lowest BCUT2D eigenvalue weighted by molar-refractivity contribution is -0.141. The van der Waals surface area contributed by atoms with Crippen LogP contribution in [0.5, 0.6) is 0 Å². The van der Waals surface area contributed by atoms with Gasteiger partial charge in [-0.05, 0) is 6.40 Å². The van der Waals surface area contributed by atoms with Gasteiger partial charge < -0.3 is 5.11 Å². The SMILES string of the molecule is [2H]C[C@]([2H])(C(=O)O)[C@@H]([2H])C. The molecule has 7 heavy (non-hydrogen) atoms. The zero-order chi connectivity index (χ0) is 8.36. The molecule has 0 fully saturated rings. The summed E-state index contributed by atoms with van der Waals surface area (Å²) in [6, 6.07) is 0. The molecule has 0 rings (SSSR count). The summed E-state index contributed by atoms with van der Waals surface area (Å²) in [4.78, 5) is 10.3. The molecule has 0 aromatic carbocycles. The Morgan fingerprint density at radius 3 is 3.00 bits per heavy atom. The summed E-state index contributed by atoms with van der Waals surface area (Å²) in [7, 11) is 0. The number of aliphatic carboxylic acids is 1. The van der Waals surface area contributed by atoms with Gasteiger partial charge in [-0.25, -0.2) is 0 Å². The third-order valence-electron chi connectivity index (χ3n) is 0.623. The monoisotopic (exact) mass is 105 g/mol. The fourth-order valence-electron chi connectivity index (χ4n) is 0.123. The van der Waals surface area contributed by atoms with Crippen LogP contribution >= 0.6 is 0 Å². The molecule has 2 nitrogen and oxygen atoms in total. The van der Waals surface area contributed by atoms with Gasteiger partial charge in [0.15, 0.2) is 0 Å². The summed E-state index contributed by atoms with van der Waals surface area (Å²) in [5.41, 5.74) is 0. The van der Waals surface area contributed by atoms with E-state index in [1.54, 1.807) is 0 Å². The van der Waals surface area contributed by atoms with Crippen LogP contribution in [0.4, 0.5) is 0 Å². The van der Waals surface area contributed by atoms with E-state index in [0.717, 1.165) is 0 Å². The van der Waals surface area contributed by atoms with Gasteiger partial charge in [-0.15, -0.1) is 0 Å². The van der Waals surface area contributed by atoms with E-state index < -0.39 is 25.2 Å². The van der Waals surface area contributed by atoms with Crippen molar-refractivity contribution in [3.05, 3.63) is 0 Å². The fourth-order valence-corrected chi connectivity index (χ4v) is 0.123. The first-order valence-electron chi connectivity index (χ1n) is 3.68. The van der Waals surface area contributed by atoms with Gasteiger partial charge in [-0.3, -0.25) is 4.79 Å². The molecule has 0 aliphatic heterocycles. The largest absolute Gasteiger partial charge is 0.481 e. The Morgan fingerprint density at radius 1 is 2.43 bits per heavy atom. The van der Waals surface area contributed by atoms with Crippen molar-refractivity contribution in [2.45, 2.75) is 20.2 Å². The first kappa shape index (κ1) is 2.70. The molecule has 0 radical (unpaired) electrons. The molecule has 0 bridgehead atoms. The minimum atomic E-state index is -1.96. The Bertz CT molecular complexity index is 137. The lowest BCUT2D eigenvalue weighted by Crippen LogP contribution is -2.06. The Kier molecular flexibility index (Phi) is 1.01. The normalized spacial score (nSPS) is 28.4. The van der Waals surface area contributed by atoms with Crippen molar-refractivity contribution < 1.29 is 14.0 Å². The second-order valence-electron chi connectivity index (χ2n) is 1.12. The van der Waals surface area contributed by atoms with Crippen LogP contribution in [0.1, 0.15) is 24.3 Å². The zero-order valence-corrected chi connectivity index (χ0v) is 4.14. The van der Waals surface area contributed by atoms with E-state index >= 15 is 0 Å².